The summed E-state index contributed by atoms with van der Waals surface area (Å²) in [5.74, 6) is -0.644. The van der Waals surface area contributed by atoms with Crippen molar-refractivity contribution in [1.82, 2.24) is 9.78 Å². The smallest absolute Gasteiger partial charge is 0.185 e. The maximum atomic E-state index is 13.7. The van der Waals surface area contributed by atoms with Crippen LogP contribution in [-0.2, 0) is 13.0 Å². The Morgan fingerprint density at radius 3 is 2.84 bits per heavy atom. The molecule has 0 spiro atoms. The number of rotatable bonds is 4. The molecular weight excluding hydrogens is 267 g/mol. The second-order valence-corrected chi connectivity index (χ2v) is 4.69. The van der Waals surface area contributed by atoms with E-state index in [0.717, 1.165) is 5.69 Å². The molecule has 0 fully saturated rings. The molecule has 0 bridgehead atoms. The molecule has 1 aromatic heterocycles. The maximum Gasteiger partial charge on any atom is 0.185 e. The van der Waals surface area contributed by atoms with E-state index in [1.807, 2.05) is 13.8 Å². The molecule has 100 valence electrons. The predicted octanol–water partition coefficient (Wildman–Crippen LogP) is 3.43. The van der Waals surface area contributed by atoms with Crippen LogP contribution in [0.4, 0.5) is 4.39 Å². The zero-order valence-electron chi connectivity index (χ0n) is 10.8. The lowest BCUT2D eigenvalue weighted by molar-refractivity contribution is 0.0981. The summed E-state index contributed by atoms with van der Waals surface area (Å²) >= 11 is 5.93. The van der Waals surface area contributed by atoms with Gasteiger partial charge < -0.3 is 0 Å². The Morgan fingerprint density at radius 2 is 2.21 bits per heavy atom. The zero-order chi connectivity index (χ0) is 14.0. The maximum absolute atomic E-state index is 13.7. The number of aryl methyl sites for hydroxylation is 2. The number of benzene rings is 1. The van der Waals surface area contributed by atoms with Gasteiger partial charge in [-0.05, 0) is 32.0 Å². The largest absolute Gasteiger partial charge is 0.292 e. The van der Waals surface area contributed by atoms with E-state index in [9.17, 15) is 9.18 Å². The van der Waals surface area contributed by atoms with Crippen LogP contribution in [0.5, 0.6) is 0 Å². The molecule has 0 atom stereocenters. The van der Waals surface area contributed by atoms with Crippen molar-refractivity contribution in [3.63, 3.8) is 0 Å². The minimum absolute atomic E-state index is 0.0589. The molecule has 5 heteroatoms. The van der Waals surface area contributed by atoms with Gasteiger partial charge in [0, 0.05) is 23.6 Å². The molecule has 0 radical (unpaired) electrons. The highest BCUT2D eigenvalue weighted by Gasteiger charge is 2.17. The van der Waals surface area contributed by atoms with Crippen LogP contribution < -0.4 is 0 Å². The summed E-state index contributed by atoms with van der Waals surface area (Å²) in [6, 6.07) is 6.11. The van der Waals surface area contributed by atoms with Crippen molar-refractivity contribution in [2.45, 2.75) is 26.8 Å². The van der Waals surface area contributed by atoms with Gasteiger partial charge in [0.1, 0.15) is 11.5 Å². The second-order valence-electron chi connectivity index (χ2n) is 4.29. The Hall–Kier alpha value is -1.68. The molecular formula is C14H14ClFN2O. The molecule has 0 aliphatic carbocycles. The van der Waals surface area contributed by atoms with Crippen molar-refractivity contribution in [1.29, 1.82) is 0 Å². The van der Waals surface area contributed by atoms with Crippen molar-refractivity contribution in [3.8, 4) is 0 Å². The first-order chi connectivity index (χ1) is 9.02. The monoisotopic (exact) mass is 280 g/mol. The van der Waals surface area contributed by atoms with Gasteiger partial charge in [0.05, 0.1) is 5.69 Å². The predicted molar refractivity (Wildman–Crippen MR) is 72.1 cm³/mol. The minimum Gasteiger partial charge on any atom is -0.292 e. The van der Waals surface area contributed by atoms with E-state index in [0.29, 0.717) is 12.2 Å². The molecule has 19 heavy (non-hydrogen) atoms. The van der Waals surface area contributed by atoms with Crippen LogP contribution in [0.25, 0.3) is 0 Å². The molecule has 2 rings (SSSR count). The third kappa shape index (κ3) is 2.84. The fraction of sp³-hybridized carbons (Fsp3) is 0.286. The van der Waals surface area contributed by atoms with E-state index in [1.54, 1.807) is 16.8 Å². The van der Waals surface area contributed by atoms with Crippen LogP contribution in [-0.4, -0.2) is 15.6 Å². The first-order valence-corrected chi connectivity index (χ1v) is 6.41. The highest BCUT2D eigenvalue weighted by atomic mass is 35.5. The van der Waals surface area contributed by atoms with Crippen LogP contribution in [0.2, 0.25) is 5.02 Å². The van der Waals surface area contributed by atoms with Crippen LogP contribution >= 0.6 is 11.6 Å². The number of halogens is 2. The van der Waals surface area contributed by atoms with Crippen LogP contribution in [0, 0.1) is 12.7 Å². The summed E-state index contributed by atoms with van der Waals surface area (Å²) in [5.41, 5.74) is 1.49. The summed E-state index contributed by atoms with van der Waals surface area (Å²) in [4.78, 5) is 12.2. The molecule has 0 saturated heterocycles. The topological polar surface area (TPSA) is 34.9 Å². The molecule has 0 aliphatic heterocycles. The number of carbonyl (C=O) groups excluding carboxylic acids is 1. The molecule has 0 saturated carbocycles. The van der Waals surface area contributed by atoms with Gasteiger partial charge in [0.15, 0.2) is 5.78 Å². The van der Waals surface area contributed by atoms with Gasteiger partial charge in [-0.25, -0.2) is 4.39 Å². The van der Waals surface area contributed by atoms with Gasteiger partial charge in [-0.15, -0.1) is 0 Å². The third-order valence-electron chi connectivity index (χ3n) is 2.89. The lowest BCUT2D eigenvalue weighted by Crippen LogP contribution is -2.12. The lowest BCUT2D eigenvalue weighted by atomic mass is 10.1. The number of hydrogen-bond acceptors (Lipinski definition) is 2. The minimum atomic E-state index is -0.458. The third-order valence-corrected chi connectivity index (χ3v) is 3.24. The van der Waals surface area contributed by atoms with Crippen molar-refractivity contribution in [3.05, 3.63) is 52.1 Å². The van der Waals surface area contributed by atoms with Gasteiger partial charge >= 0.3 is 0 Å². The molecule has 0 aliphatic rings. The average Bonchev–Trinajstić information content (AvgIpc) is 2.75. The van der Waals surface area contributed by atoms with E-state index in [1.165, 1.54) is 12.1 Å². The number of hydrogen-bond donors (Lipinski definition) is 0. The van der Waals surface area contributed by atoms with Gasteiger partial charge in [-0.2, -0.15) is 5.10 Å². The number of nitrogens with zero attached hydrogens (tertiary/aromatic N) is 2. The number of aromatic nitrogens is 2. The van der Waals surface area contributed by atoms with E-state index < -0.39 is 5.82 Å². The second kappa shape index (κ2) is 5.53. The Labute approximate surface area is 116 Å². The van der Waals surface area contributed by atoms with Gasteiger partial charge in [0.25, 0.3) is 0 Å². The molecule has 1 heterocycles. The molecule has 1 aromatic carbocycles. The van der Waals surface area contributed by atoms with E-state index in [4.69, 9.17) is 11.6 Å². The summed E-state index contributed by atoms with van der Waals surface area (Å²) in [7, 11) is 0. The Balaban J connectivity index is 2.31. The van der Waals surface area contributed by atoms with Crippen molar-refractivity contribution in [2.75, 3.05) is 0 Å². The summed E-state index contributed by atoms with van der Waals surface area (Å²) in [6.45, 7) is 4.32. The average molecular weight is 281 g/mol. The van der Waals surface area contributed by atoms with Crippen LogP contribution in [0.15, 0.2) is 24.3 Å². The van der Waals surface area contributed by atoms with E-state index in [-0.39, 0.29) is 22.8 Å². The molecule has 2 aromatic rings. The fourth-order valence-corrected chi connectivity index (χ4v) is 2.19. The number of carbonyl (C=O) groups is 1. The normalized spacial score (nSPS) is 10.7. The van der Waals surface area contributed by atoms with E-state index in [2.05, 4.69) is 5.10 Å². The molecule has 3 nitrogen and oxygen atoms in total. The highest BCUT2D eigenvalue weighted by molar-refractivity contribution is 6.31. The van der Waals surface area contributed by atoms with Crippen LogP contribution in [0.1, 0.15) is 28.7 Å². The fourth-order valence-electron chi connectivity index (χ4n) is 1.96. The first-order valence-electron chi connectivity index (χ1n) is 6.03. The summed E-state index contributed by atoms with van der Waals surface area (Å²) < 4.78 is 15.3. The SMILES string of the molecule is CCn1nc(C)cc1C(=O)Cc1c(F)cccc1Cl. The summed E-state index contributed by atoms with van der Waals surface area (Å²) in [6.07, 6.45) is -0.0589. The zero-order valence-corrected chi connectivity index (χ0v) is 11.5. The highest BCUT2D eigenvalue weighted by Crippen LogP contribution is 2.21. The number of Topliss-reactive ketones (excluding diaryl/α,β-unsaturated/α-hetero) is 1. The number of ketones is 1. The molecule has 0 amide bonds. The van der Waals surface area contributed by atoms with Crippen LogP contribution in [0.3, 0.4) is 0 Å². The lowest BCUT2D eigenvalue weighted by Gasteiger charge is -2.06. The molecule has 0 N–H and O–H groups in total. The van der Waals surface area contributed by atoms with Crippen molar-refractivity contribution >= 4 is 17.4 Å². The van der Waals surface area contributed by atoms with Gasteiger partial charge in [-0.1, -0.05) is 17.7 Å². The quantitative estimate of drug-likeness (QED) is 0.804. The Morgan fingerprint density at radius 1 is 1.47 bits per heavy atom. The Bertz CT molecular complexity index is 602. The molecule has 0 unspecified atom stereocenters. The Kier molecular flexibility index (Phi) is 4.00. The van der Waals surface area contributed by atoms with E-state index >= 15 is 0 Å². The first kappa shape index (κ1) is 13.7. The van der Waals surface area contributed by atoms with Crippen molar-refractivity contribution in [2.24, 2.45) is 0 Å². The van der Waals surface area contributed by atoms with Gasteiger partial charge in [-0.3, -0.25) is 9.48 Å². The standard InChI is InChI=1S/C14H14ClFN2O/c1-3-18-13(7-9(2)17-18)14(19)8-10-11(15)5-4-6-12(10)16/h4-7H,3,8H2,1-2H3. The van der Waals surface area contributed by atoms with Crippen molar-refractivity contribution < 1.29 is 9.18 Å². The van der Waals surface area contributed by atoms with Gasteiger partial charge in [0.2, 0.25) is 0 Å². The summed E-state index contributed by atoms with van der Waals surface area (Å²) in [5, 5.41) is 4.48.